The van der Waals surface area contributed by atoms with Crippen molar-refractivity contribution in [1.29, 1.82) is 0 Å². The zero-order chi connectivity index (χ0) is 15.6. The summed E-state index contributed by atoms with van der Waals surface area (Å²) in [6, 6.07) is 8.61. The largest absolute Gasteiger partial charge is 0.387 e. The van der Waals surface area contributed by atoms with Crippen LogP contribution in [0.15, 0.2) is 24.3 Å². The van der Waals surface area contributed by atoms with Crippen molar-refractivity contribution in [3.63, 3.8) is 0 Å². The second-order valence-electron chi connectivity index (χ2n) is 7.63. The molecule has 0 aromatic heterocycles. The van der Waals surface area contributed by atoms with Gasteiger partial charge < -0.3 is 5.11 Å². The Morgan fingerprint density at radius 1 is 1.24 bits per heavy atom. The van der Waals surface area contributed by atoms with Crippen LogP contribution >= 0.6 is 0 Å². The lowest BCUT2D eigenvalue weighted by atomic mass is 9.80. The fraction of sp³-hybridized carbons (Fsp3) is 0.684. The van der Waals surface area contributed by atoms with Gasteiger partial charge in [-0.15, -0.1) is 0 Å². The number of benzene rings is 1. The molecule has 2 nitrogen and oxygen atoms in total. The maximum absolute atomic E-state index is 10.7. The first-order valence-corrected chi connectivity index (χ1v) is 8.34. The van der Waals surface area contributed by atoms with Gasteiger partial charge in [0.1, 0.15) is 0 Å². The Labute approximate surface area is 130 Å². The smallest absolute Gasteiger partial charge is 0.0942 e. The number of rotatable bonds is 4. The van der Waals surface area contributed by atoms with Crippen LogP contribution < -0.4 is 0 Å². The summed E-state index contributed by atoms with van der Waals surface area (Å²) in [5, 5.41) is 10.7. The van der Waals surface area contributed by atoms with Crippen LogP contribution in [0, 0.1) is 11.3 Å². The first-order valence-electron chi connectivity index (χ1n) is 8.34. The molecule has 1 heterocycles. The monoisotopic (exact) mass is 289 g/mol. The quantitative estimate of drug-likeness (QED) is 0.904. The second kappa shape index (κ2) is 6.50. The molecule has 1 saturated heterocycles. The van der Waals surface area contributed by atoms with Crippen LogP contribution in [0.25, 0.3) is 0 Å². The Kier molecular flexibility index (Phi) is 5.11. The van der Waals surface area contributed by atoms with E-state index < -0.39 is 6.10 Å². The molecule has 1 N–H and O–H groups in total. The van der Waals surface area contributed by atoms with Crippen molar-refractivity contribution in [3.8, 4) is 0 Å². The molecule has 0 saturated carbocycles. The number of aryl methyl sites for hydroxylation is 1. The van der Waals surface area contributed by atoms with Gasteiger partial charge in [-0.1, -0.05) is 52.0 Å². The summed E-state index contributed by atoms with van der Waals surface area (Å²) in [4.78, 5) is 2.45. The van der Waals surface area contributed by atoms with Crippen molar-refractivity contribution in [2.45, 2.75) is 59.6 Å². The van der Waals surface area contributed by atoms with Crippen molar-refractivity contribution in [1.82, 2.24) is 4.90 Å². The fourth-order valence-electron chi connectivity index (χ4n) is 3.29. The summed E-state index contributed by atoms with van der Waals surface area (Å²) in [5.41, 5.74) is 2.73. The van der Waals surface area contributed by atoms with Gasteiger partial charge in [0.25, 0.3) is 0 Å². The zero-order valence-corrected chi connectivity index (χ0v) is 14.3. The van der Waals surface area contributed by atoms with Gasteiger partial charge in [0.05, 0.1) is 6.10 Å². The van der Waals surface area contributed by atoms with Crippen LogP contribution in [0.3, 0.4) is 0 Å². The Hall–Kier alpha value is -0.860. The minimum Gasteiger partial charge on any atom is -0.387 e. The van der Waals surface area contributed by atoms with Crippen molar-refractivity contribution in [3.05, 3.63) is 35.4 Å². The molecule has 0 spiro atoms. The maximum Gasteiger partial charge on any atom is 0.0942 e. The van der Waals surface area contributed by atoms with Crippen molar-refractivity contribution < 1.29 is 5.11 Å². The third-order valence-electron chi connectivity index (χ3n) is 5.21. The lowest BCUT2D eigenvalue weighted by Crippen LogP contribution is -2.37. The van der Waals surface area contributed by atoms with Crippen LogP contribution in [0.1, 0.15) is 58.3 Å². The van der Waals surface area contributed by atoms with Crippen LogP contribution in [0.2, 0.25) is 0 Å². The Bertz CT molecular complexity index is 446. The molecule has 2 heteroatoms. The van der Waals surface area contributed by atoms with E-state index in [9.17, 15) is 5.11 Å². The zero-order valence-electron chi connectivity index (χ0n) is 14.3. The van der Waals surface area contributed by atoms with E-state index in [2.05, 4.69) is 63.8 Å². The molecule has 1 aliphatic rings. The SMILES string of the molecule is CCc1ccc(C(O)C(C)N2CCC(C(C)(C)C)C2)cc1. The van der Waals surface area contributed by atoms with Crippen molar-refractivity contribution in [2.75, 3.05) is 13.1 Å². The van der Waals surface area contributed by atoms with E-state index in [0.29, 0.717) is 5.41 Å². The van der Waals surface area contributed by atoms with Gasteiger partial charge in [-0.05, 0) is 48.8 Å². The first kappa shape index (κ1) is 16.5. The fourth-order valence-corrected chi connectivity index (χ4v) is 3.29. The van der Waals surface area contributed by atoms with Crippen molar-refractivity contribution >= 4 is 0 Å². The molecule has 1 fully saturated rings. The van der Waals surface area contributed by atoms with E-state index in [1.54, 1.807) is 0 Å². The molecule has 3 unspecified atom stereocenters. The van der Waals surface area contributed by atoms with Gasteiger partial charge in [0.15, 0.2) is 0 Å². The van der Waals surface area contributed by atoms with Gasteiger partial charge in [-0.2, -0.15) is 0 Å². The molecular formula is C19H31NO. The van der Waals surface area contributed by atoms with E-state index in [4.69, 9.17) is 0 Å². The van der Waals surface area contributed by atoms with Crippen LogP contribution in [-0.4, -0.2) is 29.1 Å². The van der Waals surface area contributed by atoms with Gasteiger partial charge in [-0.3, -0.25) is 4.90 Å². The summed E-state index contributed by atoms with van der Waals surface area (Å²) in [6.07, 6.45) is 1.90. The number of hydrogen-bond donors (Lipinski definition) is 1. The van der Waals surface area contributed by atoms with E-state index >= 15 is 0 Å². The molecule has 0 aliphatic carbocycles. The number of nitrogens with zero attached hydrogens (tertiary/aromatic N) is 1. The first-order chi connectivity index (χ1) is 9.82. The lowest BCUT2D eigenvalue weighted by Gasteiger charge is -2.31. The van der Waals surface area contributed by atoms with Crippen molar-refractivity contribution in [2.24, 2.45) is 11.3 Å². The average molecular weight is 289 g/mol. The van der Waals surface area contributed by atoms with E-state index in [-0.39, 0.29) is 6.04 Å². The molecule has 21 heavy (non-hydrogen) atoms. The molecule has 2 rings (SSSR count). The molecule has 1 aromatic carbocycles. The number of aliphatic hydroxyl groups is 1. The molecule has 0 amide bonds. The topological polar surface area (TPSA) is 23.5 Å². The molecule has 1 aliphatic heterocycles. The number of aliphatic hydroxyl groups excluding tert-OH is 1. The predicted octanol–water partition coefficient (Wildman–Crippen LogP) is 4.04. The van der Waals surface area contributed by atoms with Gasteiger partial charge >= 0.3 is 0 Å². The predicted molar refractivity (Wildman–Crippen MR) is 89.4 cm³/mol. The highest BCUT2D eigenvalue weighted by Crippen LogP contribution is 2.36. The summed E-state index contributed by atoms with van der Waals surface area (Å²) in [5.74, 6) is 0.731. The molecule has 0 radical (unpaired) electrons. The van der Waals surface area contributed by atoms with Gasteiger partial charge in [0.2, 0.25) is 0 Å². The third kappa shape index (κ3) is 3.87. The summed E-state index contributed by atoms with van der Waals surface area (Å²) in [6.45, 7) is 13.5. The van der Waals surface area contributed by atoms with E-state index in [0.717, 1.165) is 31.0 Å². The third-order valence-corrected chi connectivity index (χ3v) is 5.21. The maximum atomic E-state index is 10.7. The normalized spacial score (nSPS) is 23.2. The molecular weight excluding hydrogens is 258 g/mol. The van der Waals surface area contributed by atoms with Gasteiger partial charge in [0, 0.05) is 12.6 Å². The average Bonchev–Trinajstić information content (AvgIpc) is 2.95. The summed E-state index contributed by atoms with van der Waals surface area (Å²) < 4.78 is 0. The van der Waals surface area contributed by atoms with E-state index in [1.807, 2.05) is 0 Å². The number of likely N-dealkylation sites (tertiary alicyclic amines) is 1. The highest BCUT2D eigenvalue weighted by molar-refractivity contribution is 5.25. The minimum absolute atomic E-state index is 0.185. The molecule has 1 aromatic rings. The molecule has 0 bridgehead atoms. The standard InChI is InChI=1S/C19H31NO/c1-6-15-7-9-16(10-8-15)18(21)14(2)20-12-11-17(13-20)19(3,4)5/h7-10,14,17-18,21H,6,11-13H2,1-5H3. The van der Waals surface area contributed by atoms with Crippen LogP contribution in [0.4, 0.5) is 0 Å². The van der Waals surface area contributed by atoms with Crippen LogP contribution in [0.5, 0.6) is 0 Å². The van der Waals surface area contributed by atoms with Gasteiger partial charge in [-0.25, -0.2) is 0 Å². The highest BCUT2D eigenvalue weighted by atomic mass is 16.3. The van der Waals surface area contributed by atoms with Crippen LogP contribution in [-0.2, 0) is 6.42 Å². The Balaban J connectivity index is 2.01. The Morgan fingerprint density at radius 2 is 1.86 bits per heavy atom. The Morgan fingerprint density at radius 3 is 2.33 bits per heavy atom. The molecule has 118 valence electrons. The summed E-state index contributed by atoms with van der Waals surface area (Å²) >= 11 is 0. The lowest BCUT2D eigenvalue weighted by molar-refractivity contribution is 0.0654. The second-order valence-corrected chi connectivity index (χ2v) is 7.63. The molecule has 3 atom stereocenters. The summed E-state index contributed by atoms with van der Waals surface area (Å²) in [7, 11) is 0. The minimum atomic E-state index is -0.394. The highest BCUT2D eigenvalue weighted by Gasteiger charge is 2.35. The number of hydrogen-bond acceptors (Lipinski definition) is 2. The van der Waals surface area contributed by atoms with E-state index in [1.165, 1.54) is 12.0 Å².